The minimum Gasteiger partial charge on any atom is -0.444 e. The molecule has 1 aliphatic rings. The van der Waals surface area contributed by atoms with Gasteiger partial charge in [-0.15, -0.1) is 0 Å². The van der Waals surface area contributed by atoms with Crippen LogP contribution in [0.4, 0.5) is 4.79 Å². The number of carbonyl (C=O) groups excluding carboxylic acids is 1. The minimum absolute atomic E-state index is 0.0207. The van der Waals surface area contributed by atoms with Crippen molar-refractivity contribution in [1.82, 2.24) is 5.32 Å². The summed E-state index contributed by atoms with van der Waals surface area (Å²) in [6.07, 6.45) is -0.359. The second-order valence-electron chi connectivity index (χ2n) is 8.36. The zero-order valence-corrected chi connectivity index (χ0v) is 13.6. The zero-order chi connectivity index (χ0) is 15.2. The van der Waals surface area contributed by atoms with Crippen molar-refractivity contribution in [1.29, 1.82) is 0 Å². The molecule has 4 heteroatoms. The Morgan fingerprint density at radius 2 is 1.63 bits per heavy atom. The van der Waals surface area contributed by atoms with Crippen molar-refractivity contribution in [2.75, 3.05) is 0 Å². The van der Waals surface area contributed by atoms with E-state index < -0.39 is 5.60 Å². The minimum atomic E-state index is -0.478. The maximum Gasteiger partial charge on any atom is 0.407 e. The van der Waals surface area contributed by atoms with E-state index in [-0.39, 0.29) is 29.0 Å². The van der Waals surface area contributed by atoms with Crippen LogP contribution in [0, 0.1) is 16.7 Å². The van der Waals surface area contributed by atoms with E-state index in [2.05, 4.69) is 39.9 Å². The van der Waals surface area contributed by atoms with Crippen LogP contribution >= 0.6 is 0 Å². The summed E-state index contributed by atoms with van der Waals surface area (Å²) in [5, 5.41) is 3.02. The van der Waals surface area contributed by atoms with E-state index in [1.165, 1.54) is 0 Å². The van der Waals surface area contributed by atoms with E-state index in [0.29, 0.717) is 5.92 Å². The molecular formula is C15H30N2O2. The molecule has 4 nitrogen and oxygen atoms in total. The van der Waals surface area contributed by atoms with Crippen LogP contribution in [0.5, 0.6) is 0 Å². The van der Waals surface area contributed by atoms with E-state index in [1.54, 1.807) is 0 Å². The Morgan fingerprint density at radius 3 is 1.89 bits per heavy atom. The third-order valence-corrected chi connectivity index (χ3v) is 3.96. The van der Waals surface area contributed by atoms with E-state index in [0.717, 1.165) is 0 Å². The molecule has 1 saturated carbocycles. The van der Waals surface area contributed by atoms with Gasteiger partial charge in [-0.3, -0.25) is 0 Å². The molecule has 19 heavy (non-hydrogen) atoms. The van der Waals surface area contributed by atoms with Crippen LogP contribution in [0.15, 0.2) is 0 Å². The van der Waals surface area contributed by atoms with Crippen molar-refractivity contribution in [3.63, 3.8) is 0 Å². The highest BCUT2D eigenvalue weighted by Gasteiger charge is 2.61. The molecule has 1 aliphatic carbocycles. The van der Waals surface area contributed by atoms with Crippen LogP contribution in [-0.4, -0.2) is 23.8 Å². The summed E-state index contributed by atoms with van der Waals surface area (Å²) in [5.41, 5.74) is 5.70. The highest BCUT2D eigenvalue weighted by atomic mass is 16.6. The fraction of sp³-hybridized carbons (Fsp3) is 0.933. The highest BCUT2D eigenvalue weighted by Crippen LogP contribution is 2.55. The molecule has 0 spiro atoms. The first-order valence-corrected chi connectivity index (χ1v) is 7.02. The molecule has 1 amide bonds. The predicted octanol–water partition coefficient (Wildman–Crippen LogP) is 2.91. The largest absolute Gasteiger partial charge is 0.444 e. The molecule has 1 rings (SSSR count). The normalized spacial score (nSPS) is 27.6. The third kappa shape index (κ3) is 3.85. The Hall–Kier alpha value is -0.770. The molecule has 1 fully saturated rings. The number of hydrogen-bond donors (Lipinski definition) is 2. The summed E-state index contributed by atoms with van der Waals surface area (Å²) in [7, 11) is 0. The number of carbonyl (C=O) groups is 1. The van der Waals surface area contributed by atoms with Gasteiger partial charge < -0.3 is 15.8 Å². The fourth-order valence-electron chi connectivity index (χ4n) is 2.63. The molecular weight excluding hydrogens is 240 g/mol. The van der Waals surface area contributed by atoms with Gasteiger partial charge in [0.2, 0.25) is 0 Å². The maximum atomic E-state index is 12.0. The van der Waals surface area contributed by atoms with Crippen molar-refractivity contribution in [2.45, 2.75) is 73.1 Å². The van der Waals surface area contributed by atoms with E-state index in [9.17, 15) is 4.79 Å². The second kappa shape index (κ2) is 4.65. The summed E-state index contributed by atoms with van der Waals surface area (Å²) >= 11 is 0. The van der Waals surface area contributed by atoms with Crippen molar-refractivity contribution in [3.8, 4) is 0 Å². The van der Waals surface area contributed by atoms with Crippen LogP contribution in [-0.2, 0) is 4.74 Å². The second-order valence-corrected chi connectivity index (χ2v) is 8.36. The first-order valence-electron chi connectivity index (χ1n) is 7.02. The molecule has 3 atom stereocenters. The number of ether oxygens (including phenoxy) is 1. The highest BCUT2D eigenvalue weighted by molar-refractivity contribution is 5.68. The lowest BCUT2D eigenvalue weighted by Gasteiger charge is -2.33. The van der Waals surface area contributed by atoms with Crippen molar-refractivity contribution in [2.24, 2.45) is 22.5 Å². The summed E-state index contributed by atoms with van der Waals surface area (Å²) in [4.78, 5) is 12.0. The van der Waals surface area contributed by atoms with Crippen LogP contribution in [0.1, 0.15) is 55.4 Å². The Kier molecular flexibility index (Phi) is 3.99. The van der Waals surface area contributed by atoms with Crippen LogP contribution < -0.4 is 11.1 Å². The SMILES string of the molecule is CC(C)(C)OC(=O)NC([C@H]1[C@H](N)C1(C)C)C(C)(C)C. The lowest BCUT2D eigenvalue weighted by atomic mass is 9.81. The third-order valence-electron chi connectivity index (χ3n) is 3.96. The Balaban J connectivity index is 2.77. The van der Waals surface area contributed by atoms with Gasteiger partial charge >= 0.3 is 6.09 Å². The monoisotopic (exact) mass is 270 g/mol. The van der Waals surface area contributed by atoms with Crippen molar-refractivity contribution < 1.29 is 9.53 Å². The zero-order valence-electron chi connectivity index (χ0n) is 13.6. The van der Waals surface area contributed by atoms with Gasteiger partial charge in [0.15, 0.2) is 0 Å². The lowest BCUT2D eigenvalue weighted by molar-refractivity contribution is 0.0443. The smallest absolute Gasteiger partial charge is 0.407 e. The number of alkyl carbamates (subject to hydrolysis) is 1. The number of nitrogens with two attached hydrogens (primary N) is 1. The molecule has 0 bridgehead atoms. The van der Waals surface area contributed by atoms with Crippen molar-refractivity contribution in [3.05, 3.63) is 0 Å². The van der Waals surface area contributed by atoms with Gasteiger partial charge in [-0.25, -0.2) is 4.79 Å². The molecule has 0 aliphatic heterocycles. The van der Waals surface area contributed by atoms with E-state index >= 15 is 0 Å². The molecule has 0 aromatic rings. The van der Waals surface area contributed by atoms with Gasteiger partial charge in [0.05, 0.1) is 0 Å². The number of hydrogen-bond acceptors (Lipinski definition) is 3. The van der Waals surface area contributed by atoms with Crippen molar-refractivity contribution >= 4 is 6.09 Å². The quantitative estimate of drug-likeness (QED) is 0.811. The summed E-state index contributed by atoms with van der Waals surface area (Å²) < 4.78 is 5.35. The van der Waals surface area contributed by atoms with Crippen LogP contribution in [0.3, 0.4) is 0 Å². The average Bonchev–Trinajstić information content (AvgIpc) is 2.57. The van der Waals surface area contributed by atoms with Gasteiger partial charge in [0.25, 0.3) is 0 Å². The molecule has 0 heterocycles. The average molecular weight is 270 g/mol. The number of rotatable bonds is 2. The predicted molar refractivity (Wildman–Crippen MR) is 77.9 cm³/mol. The van der Waals surface area contributed by atoms with Gasteiger partial charge in [-0.2, -0.15) is 0 Å². The molecule has 0 radical (unpaired) electrons. The Bertz CT molecular complexity index is 350. The lowest BCUT2D eigenvalue weighted by Crippen LogP contribution is -2.48. The summed E-state index contributed by atoms with van der Waals surface area (Å²) in [5.74, 6) is 0.292. The Morgan fingerprint density at radius 1 is 1.21 bits per heavy atom. The first kappa shape index (κ1) is 16.3. The first-order chi connectivity index (χ1) is 8.27. The van der Waals surface area contributed by atoms with Crippen LogP contribution in [0.2, 0.25) is 0 Å². The maximum absolute atomic E-state index is 12.0. The number of amides is 1. The molecule has 3 N–H and O–H groups in total. The van der Waals surface area contributed by atoms with Gasteiger partial charge in [-0.05, 0) is 31.6 Å². The van der Waals surface area contributed by atoms with Gasteiger partial charge in [-0.1, -0.05) is 34.6 Å². The van der Waals surface area contributed by atoms with Gasteiger partial charge in [0, 0.05) is 18.0 Å². The molecule has 0 aromatic heterocycles. The molecule has 0 saturated heterocycles. The van der Waals surface area contributed by atoms with Gasteiger partial charge in [0.1, 0.15) is 5.60 Å². The van der Waals surface area contributed by atoms with E-state index in [4.69, 9.17) is 10.5 Å². The molecule has 1 unspecified atom stereocenters. The number of nitrogens with one attached hydrogen (secondary N) is 1. The Labute approximate surface area is 117 Å². The standard InChI is InChI=1S/C15H30N2O2/c1-13(2,3)11(9-10(16)15(9,7)8)17-12(18)19-14(4,5)6/h9-11H,16H2,1-8H3,(H,17,18)/t9-,10+,11?/m1/s1. The summed E-state index contributed by atoms with van der Waals surface area (Å²) in [6.45, 7) is 16.3. The summed E-state index contributed by atoms with van der Waals surface area (Å²) in [6, 6.07) is 0.152. The molecule has 0 aromatic carbocycles. The molecule has 112 valence electrons. The van der Waals surface area contributed by atoms with Crippen LogP contribution in [0.25, 0.3) is 0 Å². The topological polar surface area (TPSA) is 64.3 Å². The van der Waals surface area contributed by atoms with E-state index in [1.807, 2.05) is 20.8 Å². The fourth-order valence-corrected chi connectivity index (χ4v) is 2.63.